The normalized spacial score (nSPS) is 20.8. The van der Waals surface area contributed by atoms with Gasteiger partial charge in [0.1, 0.15) is 0 Å². The molecule has 1 fully saturated rings. The van der Waals surface area contributed by atoms with Gasteiger partial charge in [0.05, 0.1) is 23.4 Å². The zero-order chi connectivity index (χ0) is 17.4. The van der Waals surface area contributed by atoms with Crippen LogP contribution in [-0.4, -0.2) is 35.3 Å². The summed E-state index contributed by atoms with van der Waals surface area (Å²) in [5.74, 6) is 0.746. The summed E-state index contributed by atoms with van der Waals surface area (Å²) in [5, 5.41) is 1.66. The number of nitrogens with zero attached hydrogens (tertiary/aromatic N) is 3. The van der Waals surface area contributed by atoms with Gasteiger partial charge in [-0.1, -0.05) is 41.9 Å². The fraction of sp³-hybridized carbons (Fsp3) is 0.300. The quantitative estimate of drug-likeness (QED) is 0.676. The molecule has 1 aliphatic heterocycles. The van der Waals surface area contributed by atoms with Gasteiger partial charge in [-0.3, -0.25) is 0 Å². The number of benzene rings is 2. The van der Waals surface area contributed by atoms with Crippen molar-refractivity contribution >= 4 is 28.5 Å². The summed E-state index contributed by atoms with van der Waals surface area (Å²) < 4.78 is 5.84. The highest BCUT2D eigenvalue weighted by atomic mass is 35.5. The zero-order valence-electron chi connectivity index (χ0n) is 14.3. The van der Waals surface area contributed by atoms with Crippen molar-refractivity contribution in [3.05, 3.63) is 53.6 Å². The summed E-state index contributed by atoms with van der Waals surface area (Å²) in [6, 6.07) is 16.0. The summed E-state index contributed by atoms with van der Waals surface area (Å²) in [7, 11) is 0. The summed E-state index contributed by atoms with van der Waals surface area (Å²) >= 11 is 6.22. The lowest BCUT2D eigenvalue weighted by Gasteiger charge is -2.35. The van der Waals surface area contributed by atoms with Crippen LogP contribution in [-0.2, 0) is 4.74 Å². The standard InChI is InChI=1S/C20H20ClN3O/c1-13-11-24(12-14(2)25-13)20-22-18-9-8-16(21)10-17(18)19(23-20)15-6-4-3-5-7-15/h3-10,13-14H,11-12H2,1-2H3/t13-,14-/m1/s1. The maximum absolute atomic E-state index is 6.22. The Labute approximate surface area is 152 Å². The first kappa shape index (κ1) is 16.3. The van der Waals surface area contributed by atoms with Crippen LogP contribution < -0.4 is 4.90 Å². The SMILES string of the molecule is C[C@@H]1CN(c2nc(-c3ccccc3)c3cc(Cl)ccc3n2)C[C@@H](C)O1. The van der Waals surface area contributed by atoms with Crippen molar-refractivity contribution in [1.29, 1.82) is 0 Å². The maximum Gasteiger partial charge on any atom is 0.226 e. The molecule has 0 unspecified atom stereocenters. The maximum atomic E-state index is 6.22. The molecule has 2 aromatic carbocycles. The molecule has 2 atom stereocenters. The van der Waals surface area contributed by atoms with Crippen LogP contribution in [0.15, 0.2) is 48.5 Å². The predicted molar refractivity (Wildman–Crippen MR) is 102 cm³/mol. The number of aromatic nitrogens is 2. The van der Waals surface area contributed by atoms with Crippen LogP contribution in [0.3, 0.4) is 0 Å². The van der Waals surface area contributed by atoms with E-state index in [1.165, 1.54) is 0 Å². The lowest BCUT2D eigenvalue weighted by Crippen LogP contribution is -2.46. The summed E-state index contributed by atoms with van der Waals surface area (Å²) in [6.45, 7) is 5.75. The molecule has 0 bridgehead atoms. The molecule has 4 nitrogen and oxygen atoms in total. The fourth-order valence-corrected chi connectivity index (χ4v) is 3.56. The van der Waals surface area contributed by atoms with Crippen LogP contribution in [0.25, 0.3) is 22.2 Å². The third kappa shape index (κ3) is 3.32. The molecule has 2 heterocycles. The highest BCUT2D eigenvalue weighted by molar-refractivity contribution is 6.31. The molecule has 1 aliphatic rings. The van der Waals surface area contributed by atoms with Gasteiger partial charge in [0, 0.05) is 29.1 Å². The van der Waals surface area contributed by atoms with E-state index in [2.05, 4.69) is 30.9 Å². The first-order chi connectivity index (χ1) is 12.1. The molecular formula is C20H20ClN3O. The molecular weight excluding hydrogens is 334 g/mol. The smallest absolute Gasteiger partial charge is 0.226 e. The molecule has 4 rings (SSSR count). The first-order valence-electron chi connectivity index (χ1n) is 8.53. The Kier molecular flexibility index (Phi) is 4.32. The second-order valence-electron chi connectivity index (χ2n) is 6.56. The molecule has 1 aromatic heterocycles. The van der Waals surface area contributed by atoms with Crippen LogP contribution in [0.2, 0.25) is 5.02 Å². The average Bonchev–Trinajstić information content (AvgIpc) is 2.61. The van der Waals surface area contributed by atoms with E-state index in [1.807, 2.05) is 36.4 Å². The van der Waals surface area contributed by atoms with E-state index < -0.39 is 0 Å². The molecule has 0 spiro atoms. The second kappa shape index (κ2) is 6.62. The van der Waals surface area contributed by atoms with Gasteiger partial charge in [0.2, 0.25) is 5.95 Å². The molecule has 0 N–H and O–H groups in total. The number of morpholine rings is 1. The number of hydrogen-bond donors (Lipinski definition) is 0. The Bertz CT molecular complexity index is 890. The van der Waals surface area contributed by atoms with Crippen LogP contribution in [0.5, 0.6) is 0 Å². The van der Waals surface area contributed by atoms with Gasteiger partial charge in [0.25, 0.3) is 0 Å². The van der Waals surface area contributed by atoms with Gasteiger partial charge in [-0.15, -0.1) is 0 Å². The highest BCUT2D eigenvalue weighted by Crippen LogP contribution is 2.30. The van der Waals surface area contributed by atoms with E-state index in [-0.39, 0.29) is 12.2 Å². The molecule has 0 saturated carbocycles. The molecule has 25 heavy (non-hydrogen) atoms. The number of hydrogen-bond acceptors (Lipinski definition) is 4. The van der Waals surface area contributed by atoms with Crippen molar-refractivity contribution in [3.8, 4) is 11.3 Å². The van der Waals surface area contributed by atoms with E-state index >= 15 is 0 Å². The van der Waals surface area contributed by atoms with Crippen LogP contribution >= 0.6 is 11.6 Å². The van der Waals surface area contributed by atoms with Crippen molar-refractivity contribution in [3.63, 3.8) is 0 Å². The van der Waals surface area contributed by atoms with E-state index in [9.17, 15) is 0 Å². The Morgan fingerprint density at radius 2 is 1.72 bits per heavy atom. The minimum absolute atomic E-state index is 0.161. The number of ether oxygens (including phenoxy) is 1. The average molecular weight is 354 g/mol. The minimum atomic E-state index is 0.161. The third-order valence-electron chi connectivity index (χ3n) is 4.40. The molecule has 0 aliphatic carbocycles. The van der Waals surface area contributed by atoms with Crippen LogP contribution in [0.1, 0.15) is 13.8 Å². The lowest BCUT2D eigenvalue weighted by molar-refractivity contribution is -0.00569. The van der Waals surface area contributed by atoms with Crippen molar-refractivity contribution in [2.24, 2.45) is 0 Å². The number of anilines is 1. The van der Waals surface area contributed by atoms with E-state index in [0.29, 0.717) is 5.02 Å². The lowest BCUT2D eigenvalue weighted by atomic mass is 10.1. The first-order valence-corrected chi connectivity index (χ1v) is 8.91. The molecule has 0 radical (unpaired) electrons. The van der Waals surface area contributed by atoms with Gasteiger partial charge in [-0.05, 0) is 32.0 Å². The van der Waals surface area contributed by atoms with Gasteiger partial charge >= 0.3 is 0 Å². The number of halogens is 1. The molecule has 5 heteroatoms. The van der Waals surface area contributed by atoms with Crippen LogP contribution in [0.4, 0.5) is 5.95 Å². The summed E-state index contributed by atoms with van der Waals surface area (Å²) in [6.07, 6.45) is 0.321. The topological polar surface area (TPSA) is 38.2 Å². The van der Waals surface area contributed by atoms with Crippen molar-refractivity contribution in [2.75, 3.05) is 18.0 Å². The van der Waals surface area contributed by atoms with E-state index in [0.717, 1.165) is 41.2 Å². The highest BCUT2D eigenvalue weighted by Gasteiger charge is 2.25. The largest absolute Gasteiger partial charge is 0.372 e. The fourth-order valence-electron chi connectivity index (χ4n) is 3.39. The summed E-state index contributed by atoms with van der Waals surface area (Å²) in [5.41, 5.74) is 2.88. The Morgan fingerprint density at radius 1 is 1.00 bits per heavy atom. The Hall–Kier alpha value is -2.17. The summed E-state index contributed by atoms with van der Waals surface area (Å²) in [4.78, 5) is 11.9. The molecule has 128 valence electrons. The van der Waals surface area contributed by atoms with Crippen molar-refractivity contribution in [2.45, 2.75) is 26.1 Å². The van der Waals surface area contributed by atoms with Gasteiger partial charge in [-0.2, -0.15) is 0 Å². The molecule has 3 aromatic rings. The Balaban J connectivity index is 1.88. The third-order valence-corrected chi connectivity index (χ3v) is 4.63. The monoisotopic (exact) mass is 353 g/mol. The van der Waals surface area contributed by atoms with Gasteiger partial charge in [0.15, 0.2) is 0 Å². The Morgan fingerprint density at radius 3 is 2.44 bits per heavy atom. The molecule has 0 amide bonds. The van der Waals surface area contributed by atoms with Gasteiger partial charge in [-0.25, -0.2) is 9.97 Å². The van der Waals surface area contributed by atoms with E-state index in [1.54, 1.807) is 0 Å². The number of fused-ring (bicyclic) bond motifs is 1. The zero-order valence-corrected chi connectivity index (χ0v) is 15.1. The van der Waals surface area contributed by atoms with Gasteiger partial charge < -0.3 is 9.64 Å². The van der Waals surface area contributed by atoms with Crippen molar-refractivity contribution < 1.29 is 4.74 Å². The second-order valence-corrected chi connectivity index (χ2v) is 7.00. The number of rotatable bonds is 2. The van der Waals surface area contributed by atoms with E-state index in [4.69, 9.17) is 26.3 Å². The van der Waals surface area contributed by atoms with Crippen LogP contribution in [0, 0.1) is 0 Å². The minimum Gasteiger partial charge on any atom is -0.372 e. The van der Waals surface area contributed by atoms with Crippen molar-refractivity contribution in [1.82, 2.24) is 9.97 Å². The molecule has 1 saturated heterocycles. The predicted octanol–water partition coefficient (Wildman–Crippen LogP) is 4.56.